The Morgan fingerprint density at radius 3 is 2.18 bits per heavy atom. The fourth-order valence-electron chi connectivity index (χ4n) is 2.52. The first-order chi connectivity index (χ1) is 10.7. The fraction of sp³-hybridized carbons (Fsp3) is 0.316. The number of benzene rings is 2. The number of carbonyl (C=O) groups excluding carboxylic acids is 1. The van der Waals surface area contributed by atoms with E-state index < -0.39 is 0 Å². The van der Waals surface area contributed by atoms with E-state index in [9.17, 15) is 4.79 Å². The van der Waals surface area contributed by atoms with Crippen molar-refractivity contribution in [3.8, 4) is 0 Å². The molecule has 0 heterocycles. The summed E-state index contributed by atoms with van der Waals surface area (Å²) in [6, 6.07) is 15.9. The Kier molecular flexibility index (Phi) is 6.16. The van der Waals surface area contributed by atoms with Crippen LogP contribution in [0, 0.1) is 0 Å². The largest absolute Gasteiger partial charge is 0.465 e. The molecule has 0 aliphatic heterocycles. The van der Waals surface area contributed by atoms with Gasteiger partial charge in [0, 0.05) is 6.61 Å². The van der Waals surface area contributed by atoms with Crippen LogP contribution in [0.5, 0.6) is 0 Å². The molecular formula is C19H22O3. The minimum atomic E-state index is -0.305. The van der Waals surface area contributed by atoms with Crippen LogP contribution in [0.3, 0.4) is 0 Å². The average molecular weight is 298 g/mol. The lowest BCUT2D eigenvalue weighted by molar-refractivity contribution is 0.0600. The van der Waals surface area contributed by atoms with Crippen LogP contribution in [-0.2, 0) is 24.0 Å². The van der Waals surface area contributed by atoms with Gasteiger partial charge < -0.3 is 9.84 Å². The summed E-state index contributed by atoms with van der Waals surface area (Å²) < 4.78 is 4.70. The molecule has 0 saturated carbocycles. The number of aryl methyl sites for hydroxylation is 3. The zero-order chi connectivity index (χ0) is 15.8. The molecule has 0 atom stereocenters. The van der Waals surface area contributed by atoms with Gasteiger partial charge in [-0.3, -0.25) is 0 Å². The van der Waals surface area contributed by atoms with Crippen LogP contribution in [0.2, 0.25) is 0 Å². The summed E-state index contributed by atoms with van der Waals surface area (Å²) in [6.45, 7) is 0.226. The lowest BCUT2D eigenvalue weighted by atomic mass is 9.97. The molecule has 116 valence electrons. The molecule has 1 N–H and O–H groups in total. The van der Waals surface area contributed by atoms with Crippen molar-refractivity contribution in [2.75, 3.05) is 13.7 Å². The van der Waals surface area contributed by atoms with Gasteiger partial charge in [-0.25, -0.2) is 4.79 Å². The van der Waals surface area contributed by atoms with Gasteiger partial charge in [-0.1, -0.05) is 36.4 Å². The lowest BCUT2D eigenvalue weighted by Gasteiger charge is -2.09. The van der Waals surface area contributed by atoms with E-state index in [0.29, 0.717) is 5.56 Å². The van der Waals surface area contributed by atoms with Crippen molar-refractivity contribution in [2.24, 2.45) is 0 Å². The summed E-state index contributed by atoms with van der Waals surface area (Å²) in [5.41, 5.74) is 4.41. The third-order valence-electron chi connectivity index (χ3n) is 3.78. The molecule has 0 fully saturated rings. The number of hydrogen-bond donors (Lipinski definition) is 1. The van der Waals surface area contributed by atoms with Crippen molar-refractivity contribution in [1.82, 2.24) is 0 Å². The first-order valence-electron chi connectivity index (χ1n) is 7.59. The molecule has 2 aromatic rings. The van der Waals surface area contributed by atoms with Crippen LogP contribution in [0.1, 0.15) is 33.5 Å². The fourth-order valence-corrected chi connectivity index (χ4v) is 2.52. The maximum atomic E-state index is 11.4. The Morgan fingerprint density at radius 1 is 0.955 bits per heavy atom. The van der Waals surface area contributed by atoms with Crippen molar-refractivity contribution in [3.63, 3.8) is 0 Å². The zero-order valence-electron chi connectivity index (χ0n) is 12.9. The minimum absolute atomic E-state index is 0.226. The highest BCUT2D eigenvalue weighted by atomic mass is 16.5. The van der Waals surface area contributed by atoms with Gasteiger partial charge >= 0.3 is 5.97 Å². The molecule has 22 heavy (non-hydrogen) atoms. The molecule has 0 aliphatic carbocycles. The number of carbonyl (C=O) groups is 1. The quantitative estimate of drug-likeness (QED) is 0.799. The summed E-state index contributed by atoms with van der Waals surface area (Å²) in [4.78, 5) is 11.4. The number of aliphatic hydroxyl groups is 1. The van der Waals surface area contributed by atoms with Gasteiger partial charge in [0.2, 0.25) is 0 Å². The van der Waals surface area contributed by atoms with Crippen LogP contribution in [0.15, 0.2) is 48.5 Å². The van der Waals surface area contributed by atoms with Gasteiger partial charge in [0.25, 0.3) is 0 Å². The van der Waals surface area contributed by atoms with Crippen molar-refractivity contribution in [3.05, 3.63) is 70.8 Å². The van der Waals surface area contributed by atoms with E-state index in [2.05, 4.69) is 18.2 Å². The molecule has 2 aromatic carbocycles. The van der Waals surface area contributed by atoms with Gasteiger partial charge in [0.1, 0.15) is 0 Å². The number of rotatable bonds is 7. The molecule has 0 amide bonds. The molecule has 0 unspecified atom stereocenters. The van der Waals surface area contributed by atoms with E-state index in [1.165, 1.54) is 23.8 Å². The van der Waals surface area contributed by atoms with Gasteiger partial charge in [0.05, 0.1) is 12.7 Å². The first-order valence-corrected chi connectivity index (χ1v) is 7.59. The third kappa shape index (κ3) is 4.43. The van der Waals surface area contributed by atoms with Gasteiger partial charge in [-0.05, 0) is 54.5 Å². The molecular weight excluding hydrogens is 276 g/mol. The number of esters is 1. The predicted octanol–water partition coefficient (Wildman–Crippen LogP) is 3.18. The second-order valence-electron chi connectivity index (χ2n) is 5.28. The highest BCUT2D eigenvalue weighted by Gasteiger charge is 2.06. The van der Waals surface area contributed by atoms with E-state index in [0.717, 1.165) is 25.7 Å². The van der Waals surface area contributed by atoms with Gasteiger partial charge in [-0.2, -0.15) is 0 Å². The predicted molar refractivity (Wildman–Crippen MR) is 87.0 cm³/mol. The smallest absolute Gasteiger partial charge is 0.337 e. The van der Waals surface area contributed by atoms with Crippen LogP contribution in [0.4, 0.5) is 0 Å². The highest BCUT2D eigenvalue weighted by Crippen LogP contribution is 2.15. The SMILES string of the molecule is COC(=O)c1ccc(CCc2ccccc2CCCO)cc1. The van der Waals surface area contributed by atoms with Crippen molar-refractivity contribution >= 4 is 5.97 Å². The summed E-state index contributed by atoms with van der Waals surface area (Å²) in [5.74, 6) is -0.305. The zero-order valence-corrected chi connectivity index (χ0v) is 12.9. The number of ether oxygens (including phenoxy) is 1. The summed E-state index contributed by atoms with van der Waals surface area (Å²) in [6.07, 6.45) is 3.59. The standard InChI is InChI=1S/C19H22O3/c1-22-19(21)18-12-9-15(10-13-18)8-11-17-6-3-2-5-16(17)7-4-14-20/h2-3,5-6,9-10,12-13,20H,4,7-8,11,14H2,1H3. The Morgan fingerprint density at radius 2 is 1.59 bits per heavy atom. The second kappa shape index (κ2) is 8.35. The molecule has 0 aromatic heterocycles. The minimum Gasteiger partial charge on any atom is -0.465 e. The molecule has 0 aliphatic rings. The molecule has 2 rings (SSSR count). The molecule has 3 nitrogen and oxygen atoms in total. The number of aliphatic hydroxyl groups excluding tert-OH is 1. The van der Waals surface area contributed by atoms with Crippen molar-refractivity contribution in [1.29, 1.82) is 0 Å². The Bertz CT molecular complexity index is 602. The van der Waals surface area contributed by atoms with Crippen LogP contribution < -0.4 is 0 Å². The lowest BCUT2D eigenvalue weighted by Crippen LogP contribution is -2.02. The van der Waals surface area contributed by atoms with Crippen LogP contribution >= 0.6 is 0 Å². The van der Waals surface area contributed by atoms with Crippen LogP contribution in [-0.4, -0.2) is 24.8 Å². The molecule has 0 spiro atoms. The monoisotopic (exact) mass is 298 g/mol. The highest BCUT2D eigenvalue weighted by molar-refractivity contribution is 5.89. The summed E-state index contributed by atoms with van der Waals surface area (Å²) >= 11 is 0. The van der Waals surface area contributed by atoms with E-state index in [1.807, 2.05) is 18.2 Å². The summed E-state index contributed by atoms with van der Waals surface area (Å²) in [5, 5.41) is 8.98. The Balaban J connectivity index is 1.99. The number of hydrogen-bond acceptors (Lipinski definition) is 3. The normalized spacial score (nSPS) is 10.5. The Labute approximate surface area is 131 Å². The molecule has 3 heteroatoms. The maximum absolute atomic E-state index is 11.4. The van der Waals surface area contributed by atoms with Gasteiger partial charge in [0.15, 0.2) is 0 Å². The van der Waals surface area contributed by atoms with Gasteiger partial charge in [-0.15, -0.1) is 0 Å². The molecule has 0 saturated heterocycles. The van der Waals surface area contributed by atoms with E-state index >= 15 is 0 Å². The maximum Gasteiger partial charge on any atom is 0.337 e. The average Bonchev–Trinajstić information content (AvgIpc) is 2.58. The summed E-state index contributed by atoms with van der Waals surface area (Å²) in [7, 11) is 1.39. The molecule has 0 bridgehead atoms. The number of methoxy groups -OCH3 is 1. The van der Waals surface area contributed by atoms with E-state index in [-0.39, 0.29) is 12.6 Å². The van der Waals surface area contributed by atoms with Crippen molar-refractivity contribution in [2.45, 2.75) is 25.7 Å². The topological polar surface area (TPSA) is 46.5 Å². The first kappa shape index (κ1) is 16.2. The second-order valence-corrected chi connectivity index (χ2v) is 5.28. The third-order valence-corrected chi connectivity index (χ3v) is 3.78. The molecule has 0 radical (unpaired) electrons. The van der Waals surface area contributed by atoms with Crippen molar-refractivity contribution < 1.29 is 14.6 Å². The Hall–Kier alpha value is -2.13. The van der Waals surface area contributed by atoms with E-state index in [1.54, 1.807) is 12.1 Å². The van der Waals surface area contributed by atoms with Crippen LogP contribution in [0.25, 0.3) is 0 Å². The van der Waals surface area contributed by atoms with E-state index in [4.69, 9.17) is 9.84 Å².